The maximum absolute atomic E-state index is 12.7. The van der Waals surface area contributed by atoms with Crippen LogP contribution >= 0.6 is 0 Å². The number of aldehydes is 1. The molecule has 46 heavy (non-hydrogen) atoms. The smallest absolute Gasteiger partial charge is 0.411 e. The zero-order valence-corrected chi connectivity index (χ0v) is 27.5. The highest BCUT2D eigenvalue weighted by atomic mass is 16.4. The average molecular weight is 639 g/mol. The maximum atomic E-state index is 12.7. The molecular weight excluding hydrogens is 584 g/mol. The van der Waals surface area contributed by atoms with Gasteiger partial charge in [-0.15, -0.1) is 0 Å². The van der Waals surface area contributed by atoms with Crippen LogP contribution < -0.4 is 21.3 Å². The highest BCUT2D eigenvalue weighted by molar-refractivity contribution is 5.94. The lowest BCUT2D eigenvalue weighted by molar-refractivity contribution is -0.123. The summed E-state index contributed by atoms with van der Waals surface area (Å²) in [6.07, 6.45) is 11.0. The van der Waals surface area contributed by atoms with E-state index in [-0.39, 0.29) is 18.4 Å². The van der Waals surface area contributed by atoms with Gasteiger partial charge in [0.25, 0.3) is 0 Å². The zero-order chi connectivity index (χ0) is 33.6. The van der Waals surface area contributed by atoms with Crippen LogP contribution in [-0.2, 0) is 22.4 Å². The maximum Gasteiger partial charge on any atom is 0.411 e. The standard InChI is InChI=1S/C36H54N4O6/c1-28(27-41)37-24-18-10-8-6-4-3-5-7-9-17-23-32(25-30-19-13-11-14-20-30)36(40-35(45)46,26-31-21-15-12-16-22-31)39-29(2)33(42)38-34(43)44/h11-16,19-22,27-29,32,37,39-40H,3-10,17-18,23-26H2,1-2H3,(H,38,42)(H,43,44)(H,45,46)/t28?,29-,32-,36?/m0/s1. The second-order valence-corrected chi connectivity index (χ2v) is 12.3. The lowest BCUT2D eigenvalue weighted by Gasteiger charge is -2.44. The van der Waals surface area contributed by atoms with Gasteiger partial charge in [0.05, 0.1) is 12.1 Å². The molecule has 2 aromatic rings. The Kier molecular flexibility index (Phi) is 18.3. The summed E-state index contributed by atoms with van der Waals surface area (Å²) in [4.78, 5) is 46.9. The zero-order valence-electron chi connectivity index (χ0n) is 27.5. The van der Waals surface area contributed by atoms with E-state index in [0.29, 0.717) is 12.8 Å². The SMILES string of the molecule is CC(C=O)NCCCCCCCCCCCC[C@@H](Cc1ccccc1)C(Cc1ccccc1)(NC(=O)O)N[C@@H](C)C(=O)NC(=O)O. The first-order valence-corrected chi connectivity index (χ1v) is 16.7. The predicted octanol–water partition coefficient (Wildman–Crippen LogP) is 6.29. The van der Waals surface area contributed by atoms with E-state index < -0.39 is 29.8 Å². The van der Waals surface area contributed by atoms with Crippen LogP contribution in [0.5, 0.6) is 0 Å². The Labute approximate surface area is 274 Å². The van der Waals surface area contributed by atoms with Crippen LogP contribution in [0.25, 0.3) is 0 Å². The van der Waals surface area contributed by atoms with E-state index in [1.165, 1.54) is 32.1 Å². The van der Waals surface area contributed by atoms with Gasteiger partial charge in [0.1, 0.15) is 11.9 Å². The number of carbonyl (C=O) groups excluding carboxylic acids is 2. The third kappa shape index (κ3) is 15.5. The van der Waals surface area contributed by atoms with Crippen LogP contribution in [-0.4, -0.2) is 58.9 Å². The van der Waals surface area contributed by atoms with E-state index in [4.69, 9.17) is 5.11 Å². The van der Waals surface area contributed by atoms with Gasteiger partial charge >= 0.3 is 12.2 Å². The first kappa shape index (κ1) is 38.4. The summed E-state index contributed by atoms with van der Waals surface area (Å²) in [5.41, 5.74) is 0.689. The van der Waals surface area contributed by atoms with Crippen LogP contribution in [0.4, 0.5) is 9.59 Å². The third-order valence-corrected chi connectivity index (χ3v) is 8.42. The Morgan fingerprint density at radius 3 is 1.78 bits per heavy atom. The predicted molar refractivity (Wildman–Crippen MR) is 181 cm³/mol. The summed E-state index contributed by atoms with van der Waals surface area (Å²) in [5.74, 6) is -0.991. The summed E-state index contributed by atoms with van der Waals surface area (Å²) in [6, 6.07) is 18.3. The molecule has 0 aliphatic carbocycles. The molecule has 0 fully saturated rings. The lowest BCUT2D eigenvalue weighted by atomic mass is 9.78. The monoisotopic (exact) mass is 638 g/mol. The third-order valence-electron chi connectivity index (χ3n) is 8.42. The minimum absolute atomic E-state index is 0.0764. The normalized spacial score (nSPS) is 14.4. The topological polar surface area (TPSA) is 157 Å². The van der Waals surface area contributed by atoms with E-state index in [1.807, 2.05) is 72.9 Å². The molecule has 3 amide bonds. The Balaban J connectivity index is 2.08. The Morgan fingerprint density at radius 1 is 0.739 bits per heavy atom. The van der Waals surface area contributed by atoms with Gasteiger partial charge in [0.2, 0.25) is 5.91 Å². The van der Waals surface area contributed by atoms with Crippen molar-refractivity contribution < 1.29 is 29.4 Å². The van der Waals surface area contributed by atoms with Crippen molar-refractivity contribution in [3.8, 4) is 0 Å². The molecule has 0 saturated heterocycles. The largest absolute Gasteiger partial charge is 0.465 e. The van der Waals surface area contributed by atoms with E-state index in [0.717, 1.165) is 56.1 Å². The van der Waals surface area contributed by atoms with Crippen molar-refractivity contribution in [3.05, 3.63) is 71.8 Å². The van der Waals surface area contributed by atoms with Gasteiger partial charge in [-0.05, 0) is 56.7 Å². The second-order valence-electron chi connectivity index (χ2n) is 12.3. The number of imide groups is 1. The molecule has 0 aliphatic heterocycles. The Morgan fingerprint density at radius 2 is 1.26 bits per heavy atom. The fourth-order valence-corrected chi connectivity index (χ4v) is 6.00. The average Bonchev–Trinajstić information content (AvgIpc) is 3.02. The number of hydrogen-bond donors (Lipinski definition) is 6. The summed E-state index contributed by atoms with van der Waals surface area (Å²) in [5, 5.41) is 30.3. The van der Waals surface area contributed by atoms with Crippen LogP contribution in [0.15, 0.2) is 60.7 Å². The van der Waals surface area contributed by atoms with Crippen molar-refractivity contribution in [1.82, 2.24) is 21.3 Å². The van der Waals surface area contributed by atoms with E-state index in [9.17, 15) is 24.3 Å². The van der Waals surface area contributed by atoms with E-state index in [1.54, 1.807) is 6.92 Å². The lowest BCUT2D eigenvalue weighted by Crippen LogP contribution is -2.68. The fourth-order valence-electron chi connectivity index (χ4n) is 6.00. The summed E-state index contributed by atoms with van der Waals surface area (Å²) >= 11 is 0. The van der Waals surface area contributed by atoms with Crippen molar-refractivity contribution in [3.63, 3.8) is 0 Å². The number of carbonyl (C=O) groups is 4. The van der Waals surface area contributed by atoms with Crippen LogP contribution in [0.3, 0.4) is 0 Å². The van der Waals surface area contributed by atoms with Crippen molar-refractivity contribution >= 4 is 24.4 Å². The Bertz CT molecular complexity index is 1170. The van der Waals surface area contributed by atoms with Crippen LogP contribution in [0.2, 0.25) is 0 Å². The minimum atomic E-state index is -1.46. The number of unbranched alkanes of at least 4 members (excludes halogenated alkanes) is 9. The highest BCUT2D eigenvalue weighted by Crippen LogP contribution is 2.30. The van der Waals surface area contributed by atoms with E-state index >= 15 is 0 Å². The van der Waals surface area contributed by atoms with E-state index in [2.05, 4.69) is 16.0 Å². The van der Waals surface area contributed by atoms with Gasteiger partial charge in [-0.25, -0.2) is 9.59 Å². The minimum Gasteiger partial charge on any atom is -0.465 e. The molecule has 10 heteroatoms. The molecule has 0 aliphatic rings. The molecule has 0 bridgehead atoms. The van der Waals surface area contributed by atoms with Crippen molar-refractivity contribution in [2.45, 2.75) is 115 Å². The molecule has 4 atom stereocenters. The molecular formula is C36H54N4O6. The summed E-state index contributed by atoms with van der Waals surface area (Å²) < 4.78 is 0. The molecule has 2 rings (SSSR count). The number of benzene rings is 2. The quantitative estimate of drug-likeness (QED) is 0.0445. The molecule has 0 radical (unpaired) electrons. The van der Waals surface area contributed by atoms with Crippen molar-refractivity contribution in [2.24, 2.45) is 5.92 Å². The molecule has 0 aromatic heterocycles. The molecule has 0 saturated carbocycles. The van der Waals surface area contributed by atoms with Gasteiger partial charge < -0.3 is 25.6 Å². The number of rotatable bonds is 24. The molecule has 2 aromatic carbocycles. The van der Waals surface area contributed by atoms with Crippen molar-refractivity contribution in [2.75, 3.05) is 6.54 Å². The molecule has 0 heterocycles. The van der Waals surface area contributed by atoms with Gasteiger partial charge in [0, 0.05) is 6.42 Å². The van der Waals surface area contributed by atoms with Gasteiger partial charge in [0.15, 0.2) is 0 Å². The molecule has 6 N–H and O–H groups in total. The number of amides is 3. The summed E-state index contributed by atoms with van der Waals surface area (Å²) in [7, 11) is 0. The first-order valence-electron chi connectivity index (χ1n) is 16.7. The molecule has 0 spiro atoms. The van der Waals surface area contributed by atoms with Gasteiger partial charge in [-0.2, -0.15) is 0 Å². The molecule has 2 unspecified atom stereocenters. The van der Waals surface area contributed by atoms with Gasteiger partial charge in [-0.3, -0.25) is 15.4 Å². The highest BCUT2D eigenvalue weighted by Gasteiger charge is 2.42. The number of carboxylic acid groups (broad SMARTS) is 2. The second kappa shape index (κ2) is 21.9. The number of nitrogens with one attached hydrogen (secondary N) is 4. The van der Waals surface area contributed by atoms with Gasteiger partial charge in [-0.1, -0.05) is 118 Å². The van der Waals surface area contributed by atoms with Crippen LogP contribution in [0, 0.1) is 5.92 Å². The number of hydrogen-bond acceptors (Lipinski definition) is 6. The fraction of sp³-hybridized carbons (Fsp3) is 0.556. The molecule has 10 nitrogen and oxygen atoms in total. The Hall–Kier alpha value is -3.76. The summed E-state index contributed by atoms with van der Waals surface area (Å²) in [6.45, 7) is 4.29. The molecule has 254 valence electrons. The first-order chi connectivity index (χ1) is 22.1. The van der Waals surface area contributed by atoms with Crippen molar-refractivity contribution in [1.29, 1.82) is 0 Å². The van der Waals surface area contributed by atoms with Crippen LogP contribution in [0.1, 0.15) is 95.6 Å².